The van der Waals surface area contributed by atoms with Crippen LogP contribution in [0.5, 0.6) is 0 Å². The first-order valence-corrected chi connectivity index (χ1v) is 5.40. The summed E-state index contributed by atoms with van der Waals surface area (Å²) in [6, 6.07) is 1.54. The van der Waals surface area contributed by atoms with E-state index in [1.165, 1.54) is 25.8 Å². The first kappa shape index (κ1) is 10.0. The summed E-state index contributed by atoms with van der Waals surface area (Å²) in [5.74, 6) is 0.962. The predicted molar refractivity (Wildman–Crippen MR) is 54.3 cm³/mol. The van der Waals surface area contributed by atoms with Gasteiger partial charge in [-0.3, -0.25) is 4.90 Å². The van der Waals surface area contributed by atoms with Gasteiger partial charge in [0.2, 0.25) is 0 Å². The van der Waals surface area contributed by atoms with E-state index in [2.05, 4.69) is 32.6 Å². The van der Waals surface area contributed by atoms with Gasteiger partial charge in [0, 0.05) is 18.6 Å². The Labute approximate surface area is 77.1 Å². The van der Waals surface area contributed by atoms with E-state index in [1.54, 1.807) is 0 Å². The van der Waals surface area contributed by atoms with Crippen LogP contribution in [0.2, 0.25) is 0 Å². The average Bonchev–Trinajstić information content (AvgIpc) is 2.05. The Balaban J connectivity index is 2.47. The SMILES string of the molecule is CC[C@@H]1CC[C@H](C)N(C(C)C)C1. The van der Waals surface area contributed by atoms with Gasteiger partial charge in [-0.15, -0.1) is 0 Å². The molecule has 2 atom stereocenters. The van der Waals surface area contributed by atoms with Crippen molar-refractivity contribution < 1.29 is 0 Å². The molecule has 1 nitrogen and oxygen atoms in total. The number of hydrogen-bond donors (Lipinski definition) is 0. The van der Waals surface area contributed by atoms with Crippen molar-refractivity contribution in [3.05, 3.63) is 0 Å². The van der Waals surface area contributed by atoms with Crippen molar-refractivity contribution in [3.8, 4) is 0 Å². The van der Waals surface area contributed by atoms with E-state index in [0.717, 1.165) is 18.0 Å². The molecular weight excluding hydrogens is 146 g/mol. The third-order valence-corrected chi connectivity index (χ3v) is 3.27. The van der Waals surface area contributed by atoms with Gasteiger partial charge in [-0.25, -0.2) is 0 Å². The zero-order valence-corrected chi connectivity index (χ0v) is 9.01. The van der Waals surface area contributed by atoms with Gasteiger partial charge in [0.1, 0.15) is 0 Å². The lowest BCUT2D eigenvalue weighted by atomic mass is 9.91. The van der Waals surface area contributed by atoms with Gasteiger partial charge < -0.3 is 0 Å². The highest BCUT2D eigenvalue weighted by molar-refractivity contribution is 4.80. The van der Waals surface area contributed by atoms with Gasteiger partial charge in [0.15, 0.2) is 0 Å². The Morgan fingerprint density at radius 3 is 2.50 bits per heavy atom. The second-order valence-electron chi connectivity index (χ2n) is 4.49. The fraction of sp³-hybridized carbons (Fsp3) is 1.00. The van der Waals surface area contributed by atoms with Gasteiger partial charge in [0.05, 0.1) is 0 Å². The largest absolute Gasteiger partial charge is 0.298 e. The molecule has 0 aromatic heterocycles. The molecule has 0 aromatic rings. The highest BCUT2D eigenvalue weighted by Crippen LogP contribution is 2.25. The lowest BCUT2D eigenvalue weighted by molar-refractivity contribution is 0.0849. The van der Waals surface area contributed by atoms with Gasteiger partial charge in [-0.1, -0.05) is 13.3 Å². The van der Waals surface area contributed by atoms with Gasteiger partial charge in [-0.05, 0) is 39.5 Å². The zero-order chi connectivity index (χ0) is 9.14. The van der Waals surface area contributed by atoms with E-state index >= 15 is 0 Å². The molecular formula is C11H23N. The predicted octanol–water partition coefficient (Wildman–Crippen LogP) is 2.91. The Kier molecular flexibility index (Phi) is 3.57. The Bertz CT molecular complexity index is 131. The molecule has 0 unspecified atom stereocenters. The van der Waals surface area contributed by atoms with Crippen LogP contribution in [-0.4, -0.2) is 23.5 Å². The number of likely N-dealkylation sites (tertiary alicyclic amines) is 1. The van der Waals surface area contributed by atoms with Crippen LogP contribution in [0, 0.1) is 5.92 Å². The first-order chi connectivity index (χ1) is 5.65. The minimum absolute atomic E-state index is 0.731. The van der Waals surface area contributed by atoms with Crippen LogP contribution < -0.4 is 0 Å². The highest BCUT2D eigenvalue weighted by atomic mass is 15.2. The van der Waals surface area contributed by atoms with Crippen LogP contribution >= 0.6 is 0 Å². The van der Waals surface area contributed by atoms with Crippen molar-refractivity contribution in [2.24, 2.45) is 5.92 Å². The number of hydrogen-bond acceptors (Lipinski definition) is 1. The van der Waals surface area contributed by atoms with Crippen LogP contribution in [0.25, 0.3) is 0 Å². The van der Waals surface area contributed by atoms with E-state index in [4.69, 9.17) is 0 Å². The molecule has 1 rings (SSSR count). The van der Waals surface area contributed by atoms with Crippen LogP contribution in [0.4, 0.5) is 0 Å². The average molecular weight is 169 g/mol. The smallest absolute Gasteiger partial charge is 0.00698 e. The summed E-state index contributed by atoms with van der Waals surface area (Å²) in [4.78, 5) is 2.65. The number of rotatable bonds is 2. The molecule has 0 amide bonds. The summed E-state index contributed by atoms with van der Waals surface area (Å²) in [7, 11) is 0. The van der Waals surface area contributed by atoms with Crippen LogP contribution in [0.15, 0.2) is 0 Å². The lowest BCUT2D eigenvalue weighted by Gasteiger charge is -2.40. The quantitative estimate of drug-likeness (QED) is 0.614. The molecule has 1 heterocycles. The Morgan fingerprint density at radius 1 is 1.33 bits per heavy atom. The molecule has 0 N–H and O–H groups in total. The topological polar surface area (TPSA) is 3.24 Å². The minimum Gasteiger partial charge on any atom is -0.298 e. The standard InChI is InChI=1S/C11H23N/c1-5-11-7-6-10(4)12(8-11)9(2)3/h9-11H,5-8H2,1-4H3/t10-,11+/m0/s1. The summed E-state index contributed by atoms with van der Waals surface area (Å²) in [6.07, 6.45) is 4.20. The van der Waals surface area contributed by atoms with E-state index in [0.29, 0.717) is 0 Å². The number of piperidine rings is 1. The molecule has 0 aromatic carbocycles. The second-order valence-corrected chi connectivity index (χ2v) is 4.49. The van der Waals surface area contributed by atoms with E-state index in [1.807, 2.05) is 0 Å². The van der Waals surface area contributed by atoms with E-state index < -0.39 is 0 Å². The molecule has 1 heteroatoms. The fourth-order valence-electron chi connectivity index (χ4n) is 2.27. The minimum atomic E-state index is 0.731. The van der Waals surface area contributed by atoms with Gasteiger partial charge in [-0.2, -0.15) is 0 Å². The third kappa shape index (κ3) is 2.22. The molecule has 0 aliphatic carbocycles. The van der Waals surface area contributed by atoms with Crippen molar-refractivity contribution >= 4 is 0 Å². The second kappa shape index (κ2) is 4.27. The molecule has 1 aliphatic rings. The molecule has 1 saturated heterocycles. The van der Waals surface area contributed by atoms with Gasteiger partial charge in [0.25, 0.3) is 0 Å². The van der Waals surface area contributed by atoms with E-state index in [-0.39, 0.29) is 0 Å². The summed E-state index contributed by atoms with van der Waals surface area (Å²) in [5, 5.41) is 0. The molecule has 1 aliphatic heterocycles. The highest BCUT2D eigenvalue weighted by Gasteiger charge is 2.25. The summed E-state index contributed by atoms with van der Waals surface area (Å²) >= 11 is 0. The molecule has 12 heavy (non-hydrogen) atoms. The molecule has 0 spiro atoms. The molecule has 1 fully saturated rings. The maximum absolute atomic E-state index is 2.65. The molecule has 0 saturated carbocycles. The zero-order valence-electron chi connectivity index (χ0n) is 9.01. The van der Waals surface area contributed by atoms with Crippen molar-refractivity contribution in [1.29, 1.82) is 0 Å². The van der Waals surface area contributed by atoms with Gasteiger partial charge >= 0.3 is 0 Å². The Hall–Kier alpha value is -0.0400. The van der Waals surface area contributed by atoms with E-state index in [9.17, 15) is 0 Å². The third-order valence-electron chi connectivity index (χ3n) is 3.27. The maximum Gasteiger partial charge on any atom is 0.00698 e. The summed E-state index contributed by atoms with van der Waals surface area (Å²) in [6.45, 7) is 10.6. The Morgan fingerprint density at radius 2 is 2.00 bits per heavy atom. The number of nitrogens with zero attached hydrogens (tertiary/aromatic N) is 1. The molecule has 0 bridgehead atoms. The fourth-order valence-corrected chi connectivity index (χ4v) is 2.27. The normalized spacial score (nSPS) is 32.8. The first-order valence-electron chi connectivity index (χ1n) is 5.40. The van der Waals surface area contributed by atoms with Crippen molar-refractivity contribution in [1.82, 2.24) is 4.90 Å². The van der Waals surface area contributed by atoms with Crippen LogP contribution in [0.3, 0.4) is 0 Å². The summed E-state index contributed by atoms with van der Waals surface area (Å²) < 4.78 is 0. The summed E-state index contributed by atoms with van der Waals surface area (Å²) in [5.41, 5.74) is 0. The monoisotopic (exact) mass is 169 g/mol. The maximum atomic E-state index is 2.65. The molecule has 0 radical (unpaired) electrons. The van der Waals surface area contributed by atoms with Crippen molar-refractivity contribution in [2.45, 2.75) is 59.0 Å². The van der Waals surface area contributed by atoms with Crippen molar-refractivity contribution in [2.75, 3.05) is 6.54 Å². The van der Waals surface area contributed by atoms with Crippen molar-refractivity contribution in [3.63, 3.8) is 0 Å². The lowest BCUT2D eigenvalue weighted by Crippen LogP contribution is -2.45. The van der Waals surface area contributed by atoms with Crippen LogP contribution in [-0.2, 0) is 0 Å². The molecule has 72 valence electrons. The van der Waals surface area contributed by atoms with Crippen LogP contribution in [0.1, 0.15) is 47.0 Å².